The van der Waals surface area contributed by atoms with E-state index in [1.165, 1.54) is 23.5 Å². The van der Waals surface area contributed by atoms with Gasteiger partial charge in [0.05, 0.1) is 16.1 Å². The van der Waals surface area contributed by atoms with E-state index in [4.69, 9.17) is 4.74 Å². The summed E-state index contributed by atoms with van der Waals surface area (Å²) in [6, 6.07) is 10.8. The molecule has 30 heavy (non-hydrogen) atoms. The molecule has 0 saturated carbocycles. The van der Waals surface area contributed by atoms with Crippen molar-refractivity contribution in [2.45, 2.75) is 46.4 Å². The molecule has 0 saturated heterocycles. The second kappa shape index (κ2) is 9.00. The quantitative estimate of drug-likeness (QED) is 0.424. The predicted octanol–water partition coefficient (Wildman–Crippen LogP) is 6.55. The van der Waals surface area contributed by atoms with E-state index >= 15 is 0 Å². The number of aryl methyl sites for hydroxylation is 3. The normalized spacial score (nSPS) is 11.5. The average molecular weight is 433 g/mol. The van der Waals surface area contributed by atoms with E-state index in [0.29, 0.717) is 30.0 Å². The summed E-state index contributed by atoms with van der Waals surface area (Å²) in [7, 11) is 0. The standard InChI is InChI=1S/C23H22F3NO2S/c1-14-12-20(11-8-17(14)5-4-15(2)28)29-13-21-16(3)27-22(30-21)18-6-9-19(10-7-18)23(24,25)26/h6-12H,4-5,13H2,1-3H3. The van der Waals surface area contributed by atoms with Crippen LogP contribution in [0.15, 0.2) is 42.5 Å². The van der Waals surface area contributed by atoms with Crippen molar-refractivity contribution in [2.75, 3.05) is 0 Å². The van der Waals surface area contributed by atoms with Crippen molar-refractivity contribution in [2.24, 2.45) is 0 Å². The number of nitrogens with zero attached hydrogens (tertiary/aromatic N) is 1. The molecular weight excluding hydrogens is 411 g/mol. The fourth-order valence-electron chi connectivity index (χ4n) is 2.99. The number of aromatic nitrogens is 1. The lowest BCUT2D eigenvalue weighted by molar-refractivity contribution is -0.137. The molecule has 3 aromatic rings. The lowest BCUT2D eigenvalue weighted by Gasteiger charge is -2.09. The molecule has 0 aliphatic carbocycles. The van der Waals surface area contributed by atoms with Crippen molar-refractivity contribution in [3.8, 4) is 16.3 Å². The van der Waals surface area contributed by atoms with Crippen molar-refractivity contribution in [1.29, 1.82) is 0 Å². The van der Waals surface area contributed by atoms with E-state index in [0.717, 1.165) is 39.6 Å². The number of ether oxygens (including phenoxy) is 1. The summed E-state index contributed by atoms with van der Waals surface area (Å²) in [5.74, 6) is 0.891. The summed E-state index contributed by atoms with van der Waals surface area (Å²) in [5.41, 5.74) is 2.96. The van der Waals surface area contributed by atoms with Gasteiger partial charge in [-0.25, -0.2) is 4.98 Å². The summed E-state index contributed by atoms with van der Waals surface area (Å²) in [5, 5.41) is 0.663. The number of benzene rings is 2. The second-order valence-electron chi connectivity index (χ2n) is 7.18. The third kappa shape index (κ3) is 5.48. The van der Waals surface area contributed by atoms with Gasteiger partial charge in [-0.05, 0) is 62.6 Å². The Labute approximate surface area is 177 Å². The summed E-state index contributed by atoms with van der Waals surface area (Å²) in [6.45, 7) is 5.77. The maximum atomic E-state index is 12.7. The molecule has 0 aliphatic heterocycles. The van der Waals surface area contributed by atoms with Crippen molar-refractivity contribution in [3.63, 3.8) is 0 Å². The van der Waals surface area contributed by atoms with Gasteiger partial charge in [0.25, 0.3) is 0 Å². The first kappa shape index (κ1) is 22.0. The number of halogens is 3. The molecule has 3 nitrogen and oxygen atoms in total. The Morgan fingerprint density at radius 1 is 1.10 bits per heavy atom. The van der Waals surface area contributed by atoms with Gasteiger partial charge in [-0.15, -0.1) is 11.3 Å². The highest BCUT2D eigenvalue weighted by Gasteiger charge is 2.30. The van der Waals surface area contributed by atoms with Crippen LogP contribution in [-0.2, 0) is 24.0 Å². The number of ketones is 1. The molecule has 0 bridgehead atoms. The molecule has 0 N–H and O–H groups in total. The molecule has 7 heteroatoms. The fourth-order valence-corrected chi connectivity index (χ4v) is 3.97. The number of carbonyl (C=O) groups is 1. The van der Waals surface area contributed by atoms with Crippen LogP contribution in [0.1, 0.15) is 40.6 Å². The predicted molar refractivity (Wildman–Crippen MR) is 112 cm³/mol. The van der Waals surface area contributed by atoms with Crippen molar-refractivity contribution >= 4 is 17.1 Å². The number of carbonyl (C=O) groups excluding carboxylic acids is 1. The Bertz CT molecular complexity index is 1040. The van der Waals surface area contributed by atoms with Gasteiger partial charge in [0.1, 0.15) is 23.1 Å². The number of hydrogen-bond donors (Lipinski definition) is 0. The van der Waals surface area contributed by atoms with Gasteiger partial charge < -0.3 is 9.53 Å². The molecule has 1 heterocycles. The highest BCUT2D eigenvalue weighted by atomic mass is 32.1. The first-order valence-corrected chi connectivity index (χ1v) is 10.3. The minimum atomic E-state index is -4.35. The van der Waals surface area contributed by atoms with E-state index in [2.05, 4.69) is 4.98 Å². The van der Waals surface area contributed by atoms with Crippen LogP contribution < -0.4 is 4.74 Å². The number of alkyl halides is 3. The summed E-state index contributed by atoms with van der Waals surface area (Å²) < 4.78 is 44.1. The maximum absolute atomic E-state index is 12.7. The molecule has 0 aliphatic rings. The van der Waals surface area contributed by atoms with E-state index in [1.807, 2.05) is 32.0 Å². The monoisotopic (exact) mass is 433 g/mol. The lowest BCUT2D eigenvalue weighted by atomic mass is 10.0. The van der Waals surface area contributed by atoms with Crippen LogP contribution in [0.5, 0.6) is 5.75 Å². The Balaban J connectivity index is 1.68. The molecule has 0 fully saturated rings. The van der Waals surface area contributed by atoms with Gasteiger partial charge in [0.2, 0.25) is 0 Å². The maximum Gasteiger partial charge on any atom is 0.416 e. The zero-order valence-electron chi connectivity index (χ0n) is 17.0. The summed E-state index contributed by atoms with van der Waals surface area (Å²) >= 11 is 1.41. The van der Waals surface area contributed by atoms with Gasteiger partial charge in [0.15, 0.2) is 0 Å². The SMILES string of the molecule is CC(=O)CCc1ccc(OCc2sc(-c3ccc(C(F)(F)F)cc3)nc2C)cc1C. The Hall–Kier alpha value is -2.67. The third-order valence-corrected chi connectivity index (χ3v) is 5.96. The van der Waals surface area contributed by atoms with Crippen LogP contribution in [0.2, 0.25) is 0 Å². The van der Waals surface area contributed by atoms with Crippen LogP contribution in [0, 0.1) is 13.8 Å². The molecule has 0 atom stereocenters. The van der Waals surface area contributed by atoms with E-state index < -0.39 is 11.7 Å². The molecule has 158 valence electrons. The van der Waals surface area contributed by atoms with Crippen molar-refractivity contribution in [1.82, 2.24) is 4.98 Å². The first-order valence-electron chi connectivity index (χ1n) is 9.49. The van der Waals surface area contributed by atoms with Crippen LogP contribution >= 0.6 is 11.3 Å². The molecular formula is C23H22F3NO2S. The highest BCUT2D eigenvalue weighted by Crippen LogP contribution is 2.33. The molecule has 2 aromatic carbocycles. The third-order valence-electron chi connectivity index (χ3n) is 4.78. The molecule has 0 radical (unpaired) electrons. The van der Waals surface area contributed by atoms with Gasteiger partial charge in [-0.1, -0.05) is 18.2 Å². The Kier molecular flexibility index (Phi) is 6.61. The molecule has 0 amide bonds. The van der Waals surface area contributed by atoms with Gasteiger partial charge in [0, 0.05) is 12.0 Å². The first-order chi connectivity index (χ1) is 14.1. The van der Waals surface area contributed by atoms with Crippen LogP contribution in [0.3, 0.4) is 0 Å². The molecule has 0 unspecified atom stereocenters. The molecule has 3 rings (SSSR count). The number of thiazole rings is 1. The van der Waals surface area contributed by atoms with Crippen LogP contribution in [0.4, 0.5) is 13.2 Å². The fraction of sp³-hybridized carbons (Fsp3) is 0.304. The van der Waals surface area contributed by atoms with E-state index in [9.17, 15) is 18.0 Å². The Morgan fingerprint density at radius 2 is 1.80 bits per heavy atom. The number of hydrogen-bond acceptors (Lipinski definition) is 4. The highest BCUT2D eigenvalue weighted by molar-refractivity contribution is 7.15. The summed E-state index contributed by atoms with van der Waals surface area (Å²) in [4.78, 5) is 16.6. The van der Waals surface area contributed by atoms with Crippen molar-refractivity contribution < 1.29 is 22.7 Å². The van der Waals surface area contributed by atoms with Gasteiger partial charge in [-0.3, -0.25) is 0 Å². The largest absolute Gasteiger partial charge is 0.488 e. The van der Waals surface area contributed by atoms with E-state index in [1.54, 1.807) is 6.92 Å². The number of rotatable bonds is 7. The zero-order chi connectivity index (χ0) is 21.9. The minimum Gasteiger partial charge on any atom is -0.488 e. The van der Waals surface area contributed by atoms with E-state index in [-0.39, 0.29) is 5.78 Å². The number of Topliss-reactive ketones (excluding diaryl/α,β-unsaturated/α-hetero) is 1. The molecule has 0 spiro atoms. The minimum absolute atomic E-state index is 0.166. The Morgan fingerprint density at radius 3 is 2.40 bits per heavy atom. The lowest BCUT2D eigenvalue weighted by Crippen LogP contribution is -2.03. The van der Waals surface area contributed by atoms with Crippen LogP contribution in [0.25, 0.3) is 10.6 Å². The van der Waals surface area contributed by atoms with Gasteiger partial charge >= 0.3 is 6.18 Å². The summed E-state index contributed by atoms with van der Waals surface area (Å²) in [6.07, 6.45) is -3.12. The topological polar surface area (TPSA) is 39.2 Å². The smallest absolute Gasteiger partial charge is 0.416 e. The molecule has 1 aromatic heterocycles. The van der Waals surface area contributed by atoms with Gasteiger partial charge in [-0.2, -0.15) is 13.2 Å². The second-order valence-corrected chi connectivity index (χ2v) is 8.27. The zero-order valence-corrected chi connectivity index (χ0v) is 17.8. The average Bonchev–Trinajstić information content (AvgIpc) is 3.05. The van der Waals surface area contributed by atoms with Crippen molar-refractivity contribution in [3.05, 3.63) is 69.7 Å². The van der Waals surface area contributed by atoms with Crippen LogP contribution in [-0.4, -0.2) is 10.8 Å².